The molecule has 3 N–H and O–H groups in total. The number of aromatic nitrogens is 2. The molecule has 0 spiro atoms. The number of alkyl halides is 3. The van der Waals surface area contributed by atoms with Crippen LogP contribution in [-0.4, -0.2) is 29.3 Å². The Kier molecular flexibility index (Phi) is 5.56. The average Bonchev–Trinajstić information content (AvgIpc) is 2.53. The molecule has 0 atom stereocenters. The minimum absolute atomic E-state index is 0.204. The molecule has 0 radical (unpaired) electrons. The summed E-state index contributed by atoms with van der Waals surface area (Å²) in [4.78, 5) is 11.7. The second-order valence-corrected chi connectivity index (χ2v) is 4.91. The molecule has 0 unspecified atom stereocenters. The summed E-state index contributed by atoms with van der Waals surface area (Å²) in [6.45, 7) is 2.36. The van der Waals surface area contributed by atoms with Crippen molar-refractivity contribution in [1.82, 2.24) is 15.5 Å². The van der Waals surface area contributed by atoms with Crippen LogP contribution in [0.1, 0.15) is 11.3 Å². The summed E-state index contributed by atoms with van der Waals surface area (Å²) in [5, 5.41) is 15.3. The number of carbonyl (C=O) groups excluding carboxylic acids is 1. The molecule has 1 aromatic heterocycles. The number of rotatable bonds is 5. The molecule has 6 nitrogen and oxygen atoms in total. The van der Waals surface area contributed by atoms with Crippen LogP contribution in [0, 0.1) is 6.92 Å². The van der Waals surface area contributed by atoms with Crippen molar-refractivity contribution in [2.45, 2.75) is 13.1 Å². The van der Waals surface area contributed by atoms with Gasteiger partial charge in [-0.1, -0.05) is 12.1 Å². The Morgan fingerprint density at radius 3 is 2.50 bits per heavy atom. The van der Waals surface area contributed by atoms with Gasteiger partial charge in [0.25, 0.3) is 0 Å². The average molecular weight is 339 g/mol. The normalized spacial score (nSPS) is 11.0. The van der Waals surface area contributed by atoms with Gasteiger partial charge in [0.05, 0.1) is 16.9 Å². The van der Waals surface area contributed by atoms with Crippen LogP contribution in [0.2, 0.25) is 0 Å². The Labute approximate surface area is 136 Å². The first-order chi connectivity index (χ1) is 11.4. The summed E-state index contributed by atoms with van der Waals surface area (Å²) in [6.07, 6.45) is -4.53. The van der Waals surface area contributed by atoms with Crippen LogP contribution in [0.5, 0.6) is 0 Å². The summed E-state index contributed by atoms with van der Waals surface area (Å²) in [5.41, 5.74) is -0.408. The Bertz CT molecular complexity index is 688. The first kappa shape index (κ1) is 17.5. The molecule has 1 heterocycles. The number of para-hydroxylation sites is 1. The highest BCUT2D eigenvalue weighted by molar-refractivity contribution is 5.90. The van der Waals surface area contributed by atoms with Gasteiger partial charge < -0.3 is 16.0 Å². The molecule has 1 aromatic carbocycles. The summed E-state index contributed by atoms with van der Waals surface area (Å²) >= 11 is 0. The van der Waals surface area contributed by atoms with Gasteiger partial charge in [0.2, 0.25) is 0 Å². The monoisotopic (exact) mass is 339 g/mol. The SMILES string of the molecule is Cc1ccc(NCCNC(=O)Nc2ccccc2C(F)(F)F)nn1. The number of hydrogen-bond acceptors (Lipinski definition) is 4. The fourth-order valence-electron chi connectivity index (χ4n) is 1.87. The van der Waals surface area contributed by atoms with Crippen LogP contribution in [0.15, 0.2) is 36.4 Å². The van der Waals surface area contributed by atoms with E-state index < -0.39 is 17.8 Å². The van der Waals surface area contributed by atoms with E-state index in [1.54, 1.807) is 12.1 Å². The van der Waals surface area contributed by atoms with E-state index in [9.17, 15) is 18.0 Å². The van der Waals surface area contributed by atoms with Gasteiger partial charge in [0, 0.05) is 13.1 Å². The van der Waals surface area contributed by atoms with Gasteiger partial charge in [-0.25, -0.2) is 4.79 Å². The highest BCUT2D eigenvalue weighted by Crippen LogP contribution is 2.34. The summed E-state index contributed by atoms with van der Waals surface area (Å²) in [6, 6.07) is 7.59. The molecular formula is C15H16F3N5O. The lowest BCUT2D eigenvalue weighted by atomic mass is 10.1. The predicted molar refractivity (Wildman–Crippen MR) is 83.7 cm³/mol. The van der Waals surface area contributed by atoms with Gasteiger partial charge in [-0.2, -0.15) is 18.3 Å². The van der Waals surface area contributed by atoms with Gasteiger partial charge in [-0.15, -0.1) is 5.10 Å². The van der Waals surface area contributed by atoms with Crippen molar-refractivity contribution >= 4 is 17.5 Å². The molecule has 0 saturated carbocycles. The number of nitrogens with zero attached hydrogens (tertiary/aromatic N) is 2. The van der Waals surface area contributed by atoms with Crippen molar-refractivity contribution in [3.8, 4) is 0 Å². The van der Waals surface area contributed by atoms with E-state index in [1.165, 1.54) is 18.2 Å². The second kappa shape index (κ2) is 7.62. The molecule has 2 aromatic rings. The van der Waals surface area contributed by atoms with Crippen molar-refractivity contribution in [3.05, 3.63) is 47.7 Å². The van der Waals surface area contributed by atoms with Crippen molar-refractivity contribution in [2.75, 3.05) is 23.7 Å². The maximum absolute atomic E-state index is 12.8. The number of benzene rings is 1. The standard InChI is InChI=1S/C15H16F3N5O/c1-10-6-7-13(23-22-10)19-8-9-20-14(24)21-12-5-3-2-4-11(12)15(16,17)18/h2-7H,8-9H2,1H3,(H,19,23)(H2,20,21,24). The van der Waals surface area contributed by atoms with Crippen LogP contribution in [0.25, 0.3) is 0 Å². The first-order valence-corrected chi connectivity index (χ1v) is 7.11. The molecule has 0 aliphatic heterocycles. The Morgan fingerprint density at radius 2 is 1.83 bits per heavy atom. The van der Waals surface area contributed by atoms with Crippen molar-refractivity contribution in [1.29, 1.82) is 0 Å². The maximum Gasteiger partial charge on any atom is 0.418 e. The van der Waals surface area contributed by atoms with Crippen LogP contribution in [0.3, 0.4) is 0 Å². The number of halogens is 3. The summed E-state index contributed by atoms with van der Waals surface area (Å²) in [7, 11) is 0. The van der Waals surface area contributed by atoms with Gasteiger partial charge in [-0.05, 0) is 31.2 Å². The highest BCUT2D eigenvalue weighted by atomic mass is 19.4. The van der Waals surface area contributed by atoms with Crippen molar-refractivity contribution in [3.63, 3.8) is 0 Å². The number of carbonyl (C=O) groups is 1. The zero-order valence-electron chi connectivity index (χ0n) is 12.8. The summed E-state index contributed by atoms with van der Waals surface area (Å²) < 4.78 is 38.5. The fraction of sp³-hybridized carbons (Fsp3) is 0.267. The molecule has 0 fully saturated rings. The minimum atomic E-state index is -4.53. The predicted octanol–water partition coefficient (Wildman–Crippen LogP) is 3.04. The number of aryl methyl sites for hydroxylation is 1. The Hall–Kier alpha value is -2.84. The molecule has 128 valence electrons. The van der Waals surface area contributed by atoms with Gasteiger partial charge >= 0.3 is 12.2 Å². The van der Waals surface area contributed by atoms with E-state index in [-0.39, 0.29) is 12.2 Å². The van der Waals surface area contributed by atoms with E-state index in [0.717, 1.165) is 11.8 Å². The largest absolute Gasteiger partial charge is 0.418 e. The van der Waals surface area contributed by atoms with Crippen LogP contribution in [0.4, 0.5) is 29.5 Å². The topological polar surface area (TPSA) is 78.9 Å². The van der Waals surface area contributed by atoms with E-state index in [0.29, 0.717) is 12.4 Å². The molecule has 2 amide bonds. The smallest absolute Gasteiger partial charge is 0.367 e. The molecule has 0 bridgehead atoms. The van der Waals surface area contributed by atoms with E-state index in [4.69, 9.17) is 0 Å². The highest BCUT2D eigenvalue weighted by Gasteiger charge is 2.33. The Balaban J connectivity index is 1.81. The van der Waals surface area contributed by atoms with Crippen LogP contribution < -0.4 is 16.0 Å². The second-order valence-electron chi connectivity index (χ2n) is 4.91. The van der Waals surface area contributed by atoms with E-state index >= 15 is 0 Å². The lowest BCUT2D eigenvalue weighted by Crippen LogP contribution is -2.33. The summed E-state index contributed by atoms with van der Waals surface area (Å²) in [5.74, 6) is 0.547. The molecular weight excluding hydrogens is 323 g/mol. The molecule has 2 rings (SSSR count). The number of hydrogen-bond donors (Lipinski definition) is 3. The third-order valence-electron chi connectivity index (χ3n) is 3.00. The lowest BCUT2D eigenvalue weighted by molar-refractivity contribution is -0.136. The molecule has 9 heteroatoms. The minimum Gasteiger partial charge on any atom is -0.367 e. The number of nitrogens with one attached hydrogen (secondary N) is 3. The molecule has 0 saturated heterocycles. The third kappa shape index (κ3) is 5.11. The number of urea groups is 1. The van der Waals surface area contributed by atoms with Crippen molar-refractivity contribution < 1.29 is 18.0 Å². The first-order valence-electron chi connectivity index (χ1n) is 7.11. The van der Waals surface area contributed by atoms with Gasteiger partial charge in [0.15, 0.2) is 0 Å². The zero-order chi connectivity index (χ0) is 17.6. The van der Waals surface area contributed by atoms with Crippen LogP contribution >= 0.6 is 0 Å². The van der Waals surface area contributed by atoms with Gasteiger partial charge in [-0.3, -0.25) is 0 Å². The maximum atomic E-state index is 12.8. The van der Waals surface area contributed by atoms with E-state index in [1.807, 2.05) is 6.92 Å². The quantitative estimate of drug-likeness (QED) is 0.732. The molecule has 0 aliphatic carbocycles. The van der Waals surface area contributed by atoms with Crippen molar-refractivity contribution in [2.24, 2.45) is 0 Å². The molecule has 24 heavy (non-hydrogen) atoms. The lowest BCUT2D eigenvalue weighted by Gasteiger charge is -2.14. The fourth-order valence-corrected chi connectivity index (χ4v) is 1.87. The number of amides is 2. The zero-order valence-corrected chi connectivity index (χ0v) is 12.8. The number of anilines is 2. The van der Waals surface area contributed by atoms with E-state index in [2.05, 4.69) is 26.1 Å². The van der Waals surface area contributed by atoms with Crippen LogP contribution in [-0.2, 0) is 6.18 Å². The van der Waals surface area contributed by atoms with Gasteiger partial charge in [0.1, 0.15) is 5.82 Å². The molecule has 0 aliphatic rings. The Morgan fingerprint density at radius 1 is 1.08 bits per heavy atom. The third-order valence-corrected chi connectivity index (χ3v) is 3.00.